The number of nitrogens with one attached hydrogen (secondary N) is 2. The zero-order chi connectivity index (χ0) is 23.6. The molecule has 0 fully saturated rings. The molecule has 0 bridgehead atoms. The summed E-state index contributed by atoms with van der Waals surface area (Å²) in [7, 11) is 0. The Kier molecular flexibility index (Phi) is 6.17. The number of carbonyl (C=O) groups excluding carboxylic acids is 1. The average molecular weight is 459 g/mol. The van der Waals surface area contributed by atoms with Crippen LogP contribution in [0.25, 0.3) is 11.3 Å². The molecule has 6 nitrogen and oxygen atoms in total. The van der Waals surface area contributed by atoms with Crippen molar-refractivity contribution in [3.8, 4) is 11.3 Å². The number of hydrogen-bond donors (Lipinski definition) is 2. The van der Waals surface area contributed by atoms with Crippen LogP contribution >= 0.6 is 0 Å². The van der Waals surface area contributed by atoms with Crippen molar-refractivity contribution in [2.45, 2.75) is 32.0 Å². The van der Waals surface area contributed by atoms with Crippen LogP contribution in [0.2, 0.25) is 0 Å². The molecule has 0 aliphatic carbocycles. The first-order valence-electron chi connectivity index (χ1n) is 10.4. The molecule has 1 aromatic carbocycles. The highest BCUT2D eigenvalue weighted by Gasteiger charge is 2.31. The normalized spacial score (nSPS) is 16.3. The molecule has 2 N–H and O–H groups in total. The number of anilines is 3. The van der Waals surface area contributed by atoms with Gasteiger partial charge in [-0.2, -0.15) is 13.2 Å². The van der Waals surface area contributed by atoms with Gasteiger partial charge in [0, 0.05) is 24.2 Å². The first-order valence-corrected chi connectivity index (χ1v) is 10.4. The molecule has 0 saturated heterocycles. The molecule has 2 amide bonds. The van der Waals surface area contributed by atoms with E-state index in [0.717, 1.165) is 30.8 Å². The van der Waals surface area contributed by atoms with Crippen molar-refractivity contribution < 1.29 is 22.4 Å². The van der Waals surface area contributed by atoms with E-state index in [4.69, 9.17) is 0 Å². The lowest BCUT2D eigenvalue weighted by atomic mass is 10.1. The van der Waals surface area contributed by atoms with Crippen molar-refractivity contribution in [2.75, 3.05) is 22.1 Å². The third kappa shape index (κ3) is 5.05. The molecule has 0 spiro atoms. The monoisotopic (exact) mass is 459 g/mol. The summed E-state index contributed by atoms with van der Waals surface area (Å²) in [5.41, 5.74) is 0.535. The summed E-state index contributed by atoms with van der Waals surface area (Å²) in [6, 6.07) is 8.51. The Balaban J connectivity index is 1.75. The van der Waals surface area contributed by atoms with E-state index in [1.54, 1.807) is 12.1 Å². The minimum absolute atomic E-state index is 0.179. The molecule has 0 unspecified atom stereocenters. The van der Waals surface area contributed by atoms with Gasteiger partial charge in [0.1, 0.15) is 5.82 Å². The minimum Gasteiger partial charge on any atom is -0.382 e. The van der Waals surface area contributed by atoms with Gasteiger partial charge in [0.05, 0.1) is 35.0 Å². The van der Waals surface area contributed by atoms with Gasteiger partial charge in [-0.05, 0) is 44.0 Å². The van der Waals surface area contributed by atoms with E-state index in [0.29, 0.717) is 24.3 Å². The lowest BCUT2D eigenvalue weighted by Crippen LogP contribution is -2.43. The van der Waals surface area contributed by atoms with E-state index in [1.807, 2.05) is 6.92 Å². The molecule has 1 aliphatic rings. The fourth-order valence-corrected chi connectivity index (χ4v) is 3.70. The number of nitrogens with zero attached hydrogens (tertiary/aromatic N) is 3. The van der Waals surface area contributed by atoms with Crippen LogP contribution in [0.5, 0.6) is 0 Å². The summed E-state index contributed by atoms with van der Waals surface area (Å²) >= 11 is 0. The maximum atomic E-state index is 13.5. The largest absolute Gasteiger partial charge is 0.416 e. The predicted octanol–water partition coefficient (Wildman–Crippen LogP) is 5.93. The topological polar surface area (TPSA) is 70.2 Å². The van der Waals surface area contributed by atoms with Crippen molar-refractivity contribution in [2.24, 2.45) is 0 Å². The number of benzene rings is 1. The number of rotatable bonds is 2. The third-order valence-corrected chi connectivity index (χ3v) is 5.32. The molecule has 0 radical (unpaired) electrons. The van der Waals surface area contributed by atoms with Gasteiger partial charge < -0.3 is 10.6 Å². The maximum Gasteiger partial charge on any atom is 0.416 e. The van der Waals surface area contributed by atoms with Crippen LogP contribution in [-0.2, 0) is 6.18 Å². The maximum absolute atomic E-state index is 13.5. The Morgan fingerprint density at radius 2 is 2.00 bits per heavy atom. The smallest absolute Gasteiger partial charge is 0.382 e. The molecule has 1 atom stereocenters. The number of carbonyl (C=O) groups is 1. The first-order chi connectivity index (χ1) is 15.7. The van der Waals surface area contributed by atoms with Gasteiger partial charge in [0.15, 0.2) is 5.82 Å². The van der Waals surface area contributed by atoms with E-state index >= 15 is 0 Å². The number of alkyl halides is 3. The summed E-state index contributed by atoms with van der Waals surface area (Å²) in [6.07, 6.45) is -0.684. The second-order valence-corrected chi connectivity index (χ2v) is 7.76. The molecule has 3 aromatic rings. The van der Waals surface area contributed by atoms with E-state index in [9.17, 15) is 22.4 Å². The van der Waals surface area contributed by atoms with Crippen LogP contribution in [-0.4, -0.2) is 28.6 Å². The Labute approximate surface area is 187 Å². The van der Waals surface area contributed by atoms with Crippen molar-refractivity contribution in [3.05, 3.63) is 66.2 Å². The number of halogens is 4. The zero-order valence-corrected chi connectivity index (χ0v) is 17.7. The Morgan fingerprint density at radius 1 is 1.18 bits per heavy atom. The molecule has 2 aromatic heterocycles. The molecular formula is C23H21F4N5O. The molecular weight excluding hydrogens is 438 g/mol. The summed E-state index contributed by atoms with van der Waals surface area (Å²) < 4.78 is 53.1. The van der Waals surface area contributed by atoms with Gasteiger partial charge in [-0.3, -0.25) is 9.88 Å². The Hall–Kier alpha value is -3.69. The summed E-state index contributed by atoms with van der Waals surface area (Å²) in [5, 5.41) is 5.85. The van der Waals surface area contributed by atoms with E-state index in [-0.39, 0.29) is 23.1 Å². The molecule has 33 heavy (non-hydrogen) atoms. The number of amides is 2. The minimum atomic E-state index is -4.49. The summed E-state index contributed by atoms with van der Waals surface area (Å²) in [4.78, 5) is 22.9. The number of fused-ring (bicyclic) bond motifs is 1. The molecule has 172 valence electrons. The zero-order valence-electron chi connectivity index (χ0n) is 17.7. The molecule has 10 heteroatoms. The van der Waals surface area contributed by atoms with Crippen LogP contribution in [0.15, 0.2) is 54.9 Å². The average Bonchev–Trinajstić information content (AvgIpc) is 2.76. The second kappa shape index (κ2) is 9.05. The lowest BCUT2D eigenvalue weighted by Gasteiger charge is -2.32. The quantitative estimate of drug-likeness (QED) is 0.466. The standard InChI is InChI=1S/C23H21F4N5O/c1-14-4-3-9-29-20-8-7-19(15-5-2-6-16(10-15)23(25,26)27)31-21(20)32(14)22(33)30-18-11-17(24)12-28-13-18/h2,5-8,10-14,29H,3-4,9H2,1H3,(H,30,33)/t14-/m1/s1. The predicted molar refractivity (Wildman–Crippen MR) is 118 cm³/mol. The Morgan fingerprint density at radius 3 is 2.76 bits per heavy atom. The molecule has 3 heterocycles. The number of hydrogen-bond acceptors (Lipinski definition) is 4. The van der Waals surface area contributed by atoms with Crippen molar-refractivity contribution in [1.82, 2.24) is 9.97 Å². The highest BCUT2D eigenvalue weighted by Crippen LogP contribution is 2.35. The number of pyridine rings is 2. The van der Waals surface area contributed by atoms with Gasteiger partial charge in [-0.25, -0.2) is 14.2 Å². The number of urea groups is 1. The van der Waals surface area contributed by atoms with E-state index in [1.165, 1.54) is 23.2 Å². The third-order valence-electron chi connectivity index (χ3n) is 5.32. The fraction of sp³-hybridized carbons (Fsp3) is 0.261. The van der Waals surface area contributed by atoms with Gasteiger partial charge in [0.2, 0.25) is 0 Å². The van der Waals surface area contributed by atoms with Gasteiger partial charge in [-0.1, -0.05) is 12.1 Å². The van der Waals surface area contributed by atoms with Gasteiger partial charge in [0.25, 0.3) is 0 Å². The second-order valence-electron chi connectivity index (χ2n) is 7.76. The fourth-order valence-electron chi connectivity index (χ4n) is 3.70. The Bertz CT molecular complexity index is 1170. The van der Waals surface area contributed by atoms with Crippen molar-refractivity contribution >= 4 is 23.2 Å². The number of aromatic nitrogens is 2. The van der Waals surface area contributed by atoms with Crippen LogP contribution in [0, 0.1) is 5.82 Å². The van der Waals surface area contributed by atoms with Crippen LogP contribution < -0.4 is 15.5 Å². The van der Waals surface area contributed by atoms with Crippen LogP contribution in [0.3, 0.4) is 0 Å². The van der Waals surface area contributed by atoms with Crippen molar-refractivity contribution in [1.29, 1.82) is 0 Å². The van der Waals surface area contributed by atoms with Crippen LogP contribution in [0.4, 0.5) is 39.5 Å². The van der Waals surface area contributed by atoms with Gasteiger partial charge >= 0.3 is 12.2 Å². The SMILES string of the molecule is C[C@@H]1CCCNc2ccc(-c3cccc(C(F)(F)F)c3)nc2N1C(=O)Nc1cncc(F)c1. The molecule has 4 rings (SSSR count). The lowest BCUT2D eigenvalue weighted by molar-refractivity contribution is -0.137. The first kappa shape index (κ1) is 22.5. The van der Waals surface area contributed by atoms with Crippen LogP contribution in [0.1, 0.15) is 25.3 Å². The molecule has 1 aliphatic heterocycles. The summed E-state index contributed by atoms with van der Waals surface area (Å²) in [5.74, 6) is -0.320. The van der Waals surface area contributed by atoms with Crippen molar-refractivity contribution in [3.63, 3.8) is 0 Å². The highest BCUT2D eigenvalue weighted by molar-refractivity contribution is 6.03. The van der Waals surface area contributed by atoms with E-state index < -0.39 is 23.6 Å². The van der Waals surface area contributed by atoms with Gasteiger partial charge in [-0.15, -0.1) is 0 Å². The summed E-state index contributed by atoms with van der Waals surface area (Å²) in [6.45, 7) is 2.52. The highest BCUT2D eigenvalue weighted by atomic mass is 19.4. The molecule has 0 saturated carbocycles. The van der Waals surface area contributed by atoms with E-state index in [2.05, 4.69) is 20.6 Å².